The first-order chi connectivity index (χ1) is 10.0. The van der Waals surface area contributed by atoms with Crippen molar-refractivity contribution in [3.8, 4) is 11.5 Å². The highest BCUT2D eigenvalue weighted by Gasteiger charge is 2.15. The fourth-order valence-corrected chi connectivity index (χ4v) is 2.72. The van der Waals surface area contributed by atoms with Crippen LogP contribution in [0.25, 0.3) is 11.5 Å². The Kier molecular flexibility index (Phi) is 5.55. The summed E-state index contributed by atoms with van der Waals surface area (Å²) in [6, 6.07) is 0. The lowest BCUT2D eigenvalue weighted by atomic mass is 10.1. The van der Waals surface area contributed by atoms with Gasteiger partial charge in [-0.25, -0.2) is 15.0 Å². The zero-order chi connectivity index (χ0) is 15.4. The number of imidazole rings is 1. The zero-order valence-electron chi connectivity index (χ0n) is 13.0. The highest BCUT2D eigenvalue weighted by atomic mass is 127. The van der Waals surface area contributed by atoms with Crippen LogP contribution >= 0.6 is 22.6 Å². The first-order valence-electron chi connectivity index (χ1n) is 7.29. The molecule has 2 aromatic heterocycles. The number of nitrogens with one attached hydrogen (secondary N) is 1. The third-order valence-corrected chi connectivity index (χ3v) is 4.24. The van der Waals surface area contributed by atoms with Crippen molar-refractivity contribution in [1.82, 2.24) is 19.5 Å². The van der Waals surface area contributed by atoms with Crippen molar-refractivity contribution in [2.45, 2.75) is 33.6 Å². The van der Waals surface area contributed by atoms with E-state index >= 15 is 0 Å². The van der Waals surface area contributed by atoms with Crippen LogP contribution in [0.1, 0.15) is 32.9 Å². The predicted molar refractivity (Wildman–Crippen MR) is 94.3 cm³/mol. The molecule has 0 aliphatic carbocycles. The Morgan fingerprint density at radius 2 is 2.10 bits per heavy atom. The molecule has 21 heavy (non-hydrogen) atoms. The van der Waals surface area contributed by atoms with Crippen molar-refractivity contribution in [2.75, 3.05) is 11.9 Å². The number of aromatic nitrogens is 4. The molecule has 1 N–H and O–H groups in total. The Balaban J connectivity index is 2.47. The lowest BCUT2D eigenvalue weighted by Crippen LogP contribution is -2.11. The Morgan fingerprint density at radius 1 is 1.33 bits per heavy atom. The van der Waals surface area contributed by atoms with Crippen LogP contribution in [0.5, 0.6) is 0 Å². The van der Waals surface area contributed by atoms with Crippen molar-refractivity contribution in [2.24, 2.45) is 13.0 Å². The van der Waals surface area contributed by atoms with Crippen LogP contribution in [0.15, 0.2) is 12.5 Å². The highest BCUT2D eigenvalue weighted by molar-refractivity contribution is 14.1. The van der Waals surface area contributed by atoms with E-state index in [1.54, 1.807) is 6.33 Å². The van der Waals surface area contributed by atoms with Gasteiger partial charge in [0, 0.05) is 13.6 Å². The number of halogens is 1. The number of hydrogen-bond donors (Lipinski definition) is 1. The third kappa shape index (κ3) is 3.93. The number of anilines is 1. The van der Waals surface area contributed by atoms with Gasteiger partial charge in [0.05, 0.1) is 21.8 Å². The molecule has 0 aromatic carbocycles. The molecular formula is C15H22IN5. The first kappa shape index (κ1) is 16.2. The number of rotatable bonds is 6. The third-order valence-electron chi connectivity index (χ3n) is 3.11. The summed E-state index contributed by atoms with van der Waals surface area (Å²) in [7, 11) is 1.96. The largest absolute Gasteiger partial charge is 0.369 e. The zero-order valence-corrected chi connectivity index (χ0v) is 15.2. The molecule has 0 unspecified atom stereocenters. The average molecular weight is 399 g/mol. The van der Waals surface area contributed by atoms with Gasteiger partial charge in [0.2, 0.25) is 0 Å². The monoisotopic (exact) mass is 399 g/mol. The summed E-state index contributed by atoms with van der Waals surface area (Å²) in [6.07, 6.45) is 5.61. The van der Waals surface area contributed by atoms with Crippen molar-refractivity contribution in [1.29, 1.82) is 0 Å². The van der Waals surface area contributed by atoms with Crippen molar-refractivity contribution in [3.05, 3.63) is 21.8 Å². The molecule has 5 nitrogen and oxygen atoms in total. The molecule has 114 valence electrons. The second-order valence-electron chi connectivity index (χ2n) is 5.57. The molecule has 0 spiro atoms. The molecule has 2 aromatic rings. The van der Waals surface area contributed by atoms with E-state index in [0.29, 0.717) is 5.92 Å². The smallest absolute Gasteiger partial charge is 0.180 e. The average Bonchev–Trinajstić information content (AvgIpc) is 2.85. The van der Waals surface area contributed by atoms with Gasteiger partial charge in [0.15, 0.2) is 5.82 Å². The van der Waals surface area contributed by atoms with Crippen LogP contribution in [-0.4, -0.2) is 26.1 Å². The van der Waals surface area contributed by atoms with Crippen LogP contribution in [0.2, 0.25) is 0 Å². The maximum absolute atomic E-state index is 4.77. The minimum atomic E-state index is 0.562. The summed E-state index contributed by atoms with van der Waals surface area (Å²) in [5.74, 6) is 2.23. The normalized spacial score (nSPS) is 11.1. The van der Waals surface area contributed by atoms with Gasteiger partial charge >= 0.3 is 0 Å². The van der Waals surface area contributed by atoms with Gasteiger partial charge in [-0.15, -0.1) is 0 Å². The highest BCUT2D eigenvalue weighted by Crippen LogP contribution is 2.25. The number of hydrogen-bond acceptors (Lipinski definition) is 4. The van der Waals surface area contributed by atoms with Crippen LogP contribution in [-0.2, 0) is 13.5 Å². The maximum Gasteiger partial charge on any atom is 0.180 e. The molecule has 6 heteroatoms. The fraction of sp³-hybridized carbons (Fsp3) is 0.533. The van der Waals surface area contributed by atoms with E-state index in [4.69, 9.17) is 9.97 Å². The second-order valence-corrected chi connectivity index (χ2v) is 6.65. The van der Waals surface area contributed by atoms with Gasteiger partial charge < -0.3 is 9.88 Å². The minimum absolute atomic E-state index is 0.562. The lowest BCUT2D eigenvalue weighted by molar-refractivity contribution is 0.632. The van der Waals surface area contributed by atoms with Gasteiger partial charge in [-0.1, -0.05) is 20.8 Å². The van der Waals surface area contributed by atoms with Gasteiger partial charge in [-0.05, 0) is 41.4 Å². The molecule has 0 fully saturated rings. The fourth-order valence-electron chi connectivity index (χ4n) is 2.06. The maximum atomic E-state index is 4.77. The Hall–Kier alpha value is -1.18. The van der Waals surface area contributed by atoms with Crippen LogP contribution in [0.4, 0.5) is 5.82 Å². The van der Waals surface area contributed by atoms with Crippen LogP contribution in [0, 0.1) is 9.49 Å². The summed E-state index contributed by atoms with van der Waals surface area (Å²) in [4.78, 5) is 13.6. The molecule has 0 amide bonds. The Bertz CT molecular complexity index is 606. The molecule has 2 rings (SSSR count). The quantitative estimate of drug-likeness (QED) is 0.756. The van der Waals surface area contributed by atoms with E-state index in [0.717, 1.165) is 46.0 Å². The summed E-state index contributed by atoms with van der Waals surface area (Å²) in [5.41, 5.74) is 2.05. The predicted octanol–water partition coefficient (Wildman–Crippen LogP) is 3.50. The standard InChI is InChI=1S/C15H22IN5/c1-5-6-18-15-13(16)11(7-10(2)3)19-14(20-15)12-8-17-9-21(12)4/h8-10H,5-7H2,1-4H3,(H,18,19,20). The minimum Gasteiger partial charge on any atom is -0.369 e. The summed E-state index contributed by atoms with van der Waals surface area (Å²) in [6.45, 7) is 7.49. The van der Waals surface area contributed by atoms with Crippen molar-refractivity contribution < 1.29 is 0 Å². The lowest BCUT2D eigenvalue weighted by Gasteiger charge is -2.14. The van der Waals surface area contributed by atoms with E-state index in [1.807, 2.05) is 17.8 Å². The first-order valence-corrected chi connectivity index (χ1v) is 8.37. The molecule has 0 aliphatic heterocycles. The molecule has 0 bridgehead atoms. The molecule has 0 atom stereocenters. The van der Waals surface area contributed by atoms with E-state index in [1.165, 1.54) is 0 Å². The van der Waals surface area contributed by atoms with E-state index in [9.17, 15) is 0 Å². The van der Waals surface area contributed by atoms with E-state index in [2.05, 4.69) is 53.7 Å². The van der Waals surface area contributed by atoms with Crippen LogP contribution < -0.4 is 5.32 Å². The van der Waals surface area contributed by atoms with Gasteiger partial charge in [0.25, 0.3) is 0 Å². The second kappa shape index (κ2) is 7.20. The van der Waals surface area contributed by atoms with Crippen LogP contribution in [0.3, 0.4) is 0 Å². The summed E-state index contributed by atoms with van der Waals surface area (Å²) < 4.78 is 3.07. The van der Waals surface area contributed by atoms with E-state index < -0.39 is 0 Å². The molecule has 0 saturated heterocycles. The molecule has 0 radical (unpaired) electrons. The molecule has 2 heterocycles. The molecular weight excluding hydrogens is 377 g/mol. The van der Waals surface area contributed by atoms with E-state index in [-0.39, 0.29) is 0 Å². The van der Waals surface area contributed by atoms with Gasteiger partial charge in [-0.3, -0.25) is 0 Å². The Morgan fingerprint density at radius 3 is 2.67 bits per heavy atom. The number of nitrogens with zero attached hydrogens (tertiary/aromatic N) is 4. The Labute approximate surface area is 139 Å². The van der Waals surface area contributed by atoms with Gasteiger partial charge in [-0.2, -0.15) is 0 Å². The van der Waals surface area contributed by atoms with Gasteiger partial charge in [0.1, 0.15) is 11.5 Å². The van der Waals surface area contributed by atoms with Crippen molar-refractivity contribution in [3.63, 3.8) is 0 Å². The summed E-state index contributed by atoms with van der Waals surface area (Å²) >= 11 is 2.35. The van der Waals surface area contributed by atoms with Crippen molar-refractivity contribution >= 4 is 28.4 Å². The topological polar surface area (TPSA) is 55.6 Å². The summed E-state index contributed by atoms with van der Waals surface area (Å²) in [5, 5.41) is 3.41. The molecule has 0 saturated carbocycles. The molecule has 0 aliphatic rings. The number of aryl methyl sites for hydroxylation is 1. The SMILES string of the molecule is CCCNc1nc(-c2cncn2C)nc(CC(C)C)c1I.